The first kappa shape index (κ1) is 7.93. The van der Waals surface area contributed by atoms with Gasteiger partial charge in [-0.05, 0) is 6.07 Å². The summed E-state index contributed by atoms with van der Waals surface area (Å²) in [7, 11) is 0. The van der Waals surface area contributed by atoms with Gasteiger partial charge in [0.25, 0.3) is 5.69 Å². The number of thiazole rings is 1. The molecule has 66 valence electrons. The lowest BCUT2D eigenvalue weighted by Crippen LogP contribution is -1.91. The summed E-state index contributed by atoms with van der Waals surface area (Å²) in [4.78, 5) is 14.0. The Morgan fingerprint density at radius 2 is 2.31 bits per heavy atom. The van der Waals surface area contributed by atoms with Crippen molar-refractivity contribution in [3.05, 3.63) is 27.8 Å². The zero-order valence-corrected chi connectivity index (χ0v) is 7.25. The van der Waals surface area contributed by atoms with Crippen molar-refractivity contribution in [2.75, 3.05) is 5.73 Å². The predicted molar refractivity (Wildman–Crippen MR) is 50.7 cm³/mol. The van der Waals surface area contributed by atoms with Crippen LogP contribution in [0, 0.1) is 10.1 Å². The van der Waals surface area contributed by atoms with Crippen molar-refractivity contribution >= 4 is 32.9 Å². The highest BCUT2D eigenvalue weighted by atomic mass is 32.1. The van der Waals surface area contributed by atoms with Crippen LogP contribution in [-0.2, 0) is 0 Å². The largest absolute Gasteiger partial charge is 0.398 e. The topological polar surface area (TPSA) is 82.0 Å². The molecule has 0 atom stereocenters. The minimum absolute atomic E-state index is 0.00505. The molecule has 2 rings (SSSR count). The molecule has 0 bridgehead atoms. The Labute approximate surface area is 77.0 Å². The van der Waals surface area contributed by atoms with Crippen LogP contribution in [0.1, 0.15) is 0 Å². The lowest BCUT2D eigenvalue weighted by molar-refractivity contribution is -0.383. The van der Waals surface area contributed by atoms with Gasteiger partial charge in [-0.25, -0.2) is 4.98 Å². The van der Waals surface area contributed by atoms with E-state index in [1.807, 2.05) is 0 Å². The number of nitro benzene ring substituents is 1. The van der Waals surface area contributed by atoms with Crippen LogP contribution in [0.2, 0.25) is 0 Å². The second-order valence-electron chi connectivity index (χ2n) is 2.46. The van der Waals surface area contributed by atoms with Crippen molar-refractivity contribution in [2.24, 2.45) is 0 Å². The Morgan fingerprint density at radius 1 is 1.54 bits per heavy atom. The van der Waals surface area contributed by atoms with Crippen LogP contribution in [0.15, 0.2) is 17.6 Å². The molecule has 0 saturated carbocycles. The maximum Gasteiger partial charge on any atom is 0.296 e. The maximum atomic E-state index is 10.6. The van der Waals surface area contributed by atoms with Crippen molar-refractivity contribution < 1.29 is 4.92 Å². The van der Waals surface area contributed by atoms with Gasteiger partial charge in [0.15, 0.2) is 5.52 Å². The summed E-state index contributed by atoms with van der Waals surface area (Å²) in [6.07, 6.45) is 0. The highest BCUT2D eigenvalue weighted by molar-refractivity contribution is 7.17. The first-order chi connectivity index (χ1) is 6.20. The van der Waals surface area contributed by atoms with E-state index in [4.69, 9.17) is 5.73 Å². The first-order valence-corrected chi connectivity index (χ1v) is 4.34. The van der Waals surface area contributed by atoms with Gasteiger partial charge in [-0.3, -0.25) is 10.1 Å². The number of hydrogen-bond donors (Lipinski definition) is 1. The monoisotopic (exact) mass is 195 g/mol. The summed E-state index contributed by atoms with van der Waals surface area (Å²) >= 11 is 1.30. The molecular weight excluding hydrogens is 190 g/mol. The second-order valence-corrected chi connectivity index (χ2v) is 3.32. The van der Waals surface area contributed by atoms with Crippen LogP contribution >= 0.6 is 11.3 Å². The number of benzene rings is 1. The lowest BCUT2D eigenvalue weighted by Gasteiger charge is -1.95. The number of nitrogen functional groups attached to an aromatic ring is 1. The highest BCUT2D eigenvalue weighted by Crippen LogP contribution is 2.31. The van der Waals surface area contributed by atoms with E-state index in [9.17, 15) is 10.1 Å². The molecule has 0 amide bonds. The van der Waals surface area contributed by atoms with E-state index in [0.29, 0.717) is 15.9 Å². The number of non-ortho nitro benzene ring substituents is 1. The fourth-order valence-electron chi connectivity index (χ4n) is 1.10. The second kappa shape index (κ2) is 2.67. The molecule has 0 spiro atoms. The van der Waals surface area contributed by atoms with E-state index in [2.05, 4.69) is 4.98 Å². The molecule has 0 aliphatic carbocycles. The molecule has 0 radical (unpaired) electrons. The molecule has 13 heavy (non-hydrogen) atoms. The minimum atomic E-state index is -0.457. The van der Waals surface area contributed by atoms with Gasteiger partial charge in [-0.2, -0.15) is 0 Å². The molecule has 1 aromatic heterocycles. The number of fused-ring (bicyclic) bond motifs is 1. The molecule has 0 aliphatic heterocycles. The standard InChI is InChI=1S/C7H5N3O2S/c8-4-1-2-5(10(11)12)6-7(4)13-3-9-6/h1-3H,8H2. The van der Waals surface area contributed by atoms with E-state index in [-0.39, 0.29) is 5.69 Å². The van der Waals surface area contributed by atoms with Crippen molar-refractivity contribution in [1.82, 2.24) is 4.98 Å². The third kappa shape index (κ3) is 1.11. The number of aromatic nitrogens is 1. The van der Waals surface area contributed by atoms with E-state index < -0.39 is 4.92 Å². The van der Waals surface area contributed by atoms with Gasteiger partial charge in [-0.15, -0.1) is 11.3 Å². The van der Waals surface area contributed by atoms with E-state index in [0.717, 1.165) is 0 Å². The van der Waals surface area contributed by atoms with Crippen molar-refractivity contribution in [3.63, 3.8) is 0 Å². The number of nitro groups is 1. The van der Waals surface area contributed by atoms with Crippen LogP contribution in [0.25, 0.3) is 10.2 Å². The van der Waals surface area contributed by atoms with Gasteiger partial charge in [0.1, 0.15) is 0 Å². The smallest absolute Gasteiger partial charge is 0.296 e. The Bertz CT molecular complexity index is 480. The van der Waals surface area contributed by atoms with Gasteiger partial charge in [-0.1, -0.05) is 0 Å². The Kier molecular flexibility index (Phi) is 1.63. The molecule has 2 N–H and O–H groups in total. The molecule has 0 unspecified atom stereocenters. The number of hydrogen-bond acceptors (Lipinski definition) is 5. The molecule has 0 saturated heterocycles. The van der Waals surface area contributed by atoms with Crippen molar-refractivity contribution in [3.8, 4) is 0 Å². The number of anilines is 1. The molecule has 2 aromatic rings. The first-order valence-electron chi connectivity index (χ1n) is 3.46. The zero-order valence-electron chi connectivity index (χ0n) is 6.43. The summed E-state index contributed by atoms with van der Waals surface area (Å²) in [6.45, 7) is 0. The third-order valence-electron chi connectivity index (χ3n) is 1.69. The third-order valence-corrected chi connectivity index (χ3v) is 2.57. The molecule has 6 heteroatoms. The molecule has 1 aromatic carbocycles. The van der Waals surface area contributed by atoms with Crippen LogP contribution in [0.4, 0.5) is 11.4 Å². The highest BCUT2D eigenvalue weighted by Gasteiger charge is 2.15. The Balaban J connectivity index is 2.86. The lowest BCUT2D eigenvalue weighted by atomic mass is 10.2. The molecule has 1 heterocycles. The van der Waals surface area contributed by atoms with Gasteiger partial charge in [0.2, 0.25) is 0 Å². The fourth-order valence-corrected chi connectivity index (χ4v) is 1.84. The number of rotatable bonds is 1. The van der Waals surface area contributed by atoms with Crippen LogP contribution in [0.3, 0.4) is 0 Å². The van der Waals surface area contributed by atoms with Gasteiger partial charge < -0.3 is 5.73 Å². The molecule has 0 fully saturated rings. The number of nitrogens with two attached hydrogens (primary N) is 1. The average Bonchev–Trinajstić information content (AvgIpc) is 2.53. The van der Waals surface area contributed by atoms with Crippen molar-refractivity contribution in [1.29, 1.82) is 0 Å². The summed E-state index contributed by atoms with van der Waals surface area (Å²) in [5, 5.41) is 10.6. The van der Waals surface area contributed by atoms with E-state index in [1.54, 1.807) is 5.51 Å². The van der Waals surface area contributed by atoms with Crippen LogP contribution in [0.5, 0.6) is 0 Å². The van der Waals surface area contributed by atoms with Crippen LogP contribution in [-0.4, -0.2) is 9.91 Å². The maximum absolute atomic E-state index is 10.6. The Hall–Kier alpha value is -1.69. The predicted octanol–water partition coefficient (Wildman–Crippen LogP) is 1.79. The quantitative estimate of drug-likeness (QED) is 0.427. The summed E-state index contributed by atoms with van der Waals surface area (Å²) in [5.74, 6) is 0. The molecule has 5 nitrogen and oxygen atoms in total. The molecule has 0 aliphatic rings. The van der Waals surface area contributed by atoms with Crippen LogP contribution < -0.4 is 5.73 Å². The van der Waals surface area contributed by atoms with E-state index in [1.165, 1.54) is 23.5 Å². The summed E-state index contributed by atoms with van der Waals surface area (Å²) < 4.78 is 0.675. The zero-order chi connectivity index (χ0) is 9.42. The van der Waals surface area contributed by atoms with Crippen molar-refractivity contribution in [2.45, 2.75) is 0 Å². The normalized spacial score (nSPS) is 10.5. The number of nitrogens with zero attached hydrogens (tertiary/aromatic N) is 2. The minimum Gasteiger partial charge on any atom is -0.398 e. The molecular formula is C7H5N3O2S. The fraction of sp³-hybridized carbons (Fsp3) is 0. The Morgan fingerprint density at radius 3 is 3.00 bits per heavy atom. The van der Waals surface area contributed by atoms with Gasteiger partial charge >= 0.3 is 0 Å². The summed E-state index contributed by atoms with van der Waals surface area (Å²) in [6, 6.07) is 2.90. The van der Waals surface area contributed by atoms with E-state index >= 15 is 0 Å². The van der Waals surface area contributed by atoms with Gasteiger partial charge in [0.05, 0.1) is 20.8 Å². The SMILES string of the molecule is Nc1ccc([N+](=O)[O-])c2ncsc12. The summed E-state index contributed by atoms with van der Waals surface area (Å²) in [5.41, 5.74) is 8.07. The van der Waals surface area contributed by atoms with Gasteiger partial charge in [0, 0.05) is 6.07 Å². The average molecular weight is 195 g/mol.